The summed E-state index contributed by atoms with van der Waals surface area (Å²) >= 11 is 5.15. The smallest absolute Gasteiger partial charge is 0.138 e. The molecular weight excluding hydrogens is 286 g/mol. The second kappa shape index (κ2) is 5.48. The largest absolute Gasteiger partial charge is 0.487 e. The maximum Gasteiger partial charge on any atom is 0.138 e. The topological polar surface area (TPSA) is 35.2 Å². The van der Waals surface area contributed by atoms with Gasteiger partial charge in [0.25, 0.3) is 0 Å². The Morgan fingerprint density at radius 3 is 2.88 bits per heavy atom. The highest BCUT2D eigenvalue weighted by Crippen LogP contribution is 2.29. The van der Waals surface area contributed by atoms with Crippen LogP contribution in [0.25, 0.3) is 0 Å². The minimum Gasteiger partial charge on any atom is -0.487 e. The molecule has 0 fully saturated rings. The number of halogens is 1. The molecule has 0 radical (unpaired) electrons. The van der Waals surface area contributed by atoms with Gasteiger partial charge in [-0.2, -0.15) is 11.3 Å². The number of thiophene rings is 1. The van der Waals surface area contributed by atoms with Crippen molar-refractivity contribution in [1.82, 2.24) is 0 Å². The van der Waals surface area contributed by atoms with E-state index in [0.717, 1.165) is 15.8 Å². The summed E-state index contributed by atoms with van der Waals surface area (Å²) in [6.45, 7) is 1.07. The van der Waals surface area contributed by atoms with Crippen LogP contribution in [0, 0.1) is 0 Å². The van der Waals surface area contributed by atoms with E-state index in [2.05, 4.69) is 27.4 Å². The average molecular weight is 298 g/mol. The van der Waals surface area contributed by atoms with E-state index in [9.17, 15) is 0 Å². The van der Waals surface area contributed by atoms with Gasteiger partial charge < -0.3 is 10.5 Å². The maximum atomic E-state index is 5.78. The van der Waals surface area contributed by atoms with Gasteiger partial charge in [-0.1, -0.05) is 12.1 Å². The quantitative estimate of drug-likeness (QED) is 0.937. The molecule has 0 saturated carbocycles. The lowest BCUT2D eigenvalue weighted by Crippen LogP contribution is -2.02. The van der Waals surface area contributed by atoms with E-state index in [-0.39, 0.29) is 0 Å². The van der Waals surface area contributed by atoms with Crippen LogP contribution in [0.2, 0.25) is 0 Å². The number of benzene rings is 1. The zero-order valence-electron chi connectivity index (χ0n) is 8.65. The SMILES string of the molecule is NCc1cccc(Br)c1OCc1ccsc1. The van der Waals surface area contributed by atoms with E-state index < -0.39 is 0 Å². The molecule has 4 heteroatoms. The molecule has 0 saturated heterocycles. The van der Waals surface area contributed by atoms with Crippen LogP contribution in [0.15, 0.2) is 39.5 Å². The molecule has 0 unspecified atom stereocenters. The highest BCUT2D eigenvalue weighted by atomic mass is 79.9. The molecule has 1 heterocycles. The molecule has 2 rings (SSSR count). The van der Waals surface area contributed by atoms with Crippen LogP contribution >= 0.6 is 27.3 Å². The van der Waals surface area contributed by atoms with E-state index in [1.807, 2.05) is 23.6 Å². The summed E-state index contributed by atoms with van der Waals surface area (Å²) < 4.78 is 6.73. The molecule has 0 aliphatic carbocycles. The van der Waals surface area contributed by atoms with Crippen molar-refractivity contribution < 1.29 is 4.74 Å². The predicted octanol–water partition coefficient (Wildman–Crippen LogP) is 3.55. The number of ether oxygens (including phenoxy) is 1. The monoisotopic (exact) mass is 297 g/mol. The standard InChI is InChI=1S/C12H12BrNOS/c13-11-3-1-2-10(6-14)12(11)15-7-9-4-5-16-8-9/h1-5,8H,6-7,14H2. The number of rotatable bonds is 4. The molecule has 2 aromatic rings. The Bertz CT molecular complexity index is 456. The summed E-state index contributed by atoms with van der Waals surface area (Å²) in [5, 5.41) is 4.13. The van der Waals surface area contributed by atoms with Crippen molar-refractivity contribution in [2.24, 2.45) is 5.73 Å². The first-order chi connectivity index (χ1) is 7.81. The van der Waals surface area contributed by atoms with Crippen LogP contribution in [0.5, 0.6) is 5.75 Å². The van der Waals surface area contributed by atoms with Gasteiger partial charge in [0.2, 0.25) is 0 Å². The third-order valence-electron chi connectivity index (χ3n) is 2.23. The first-order valence-electron chi connectivity index (χ1n) is 4.92. The molecule has 1 aromatic carbocycles. The normalized spacial score (nSPS) is 10.4. The first kappa shape index (κ1) is 11.6. The predicted molar refractivity (Wildman–Crippen MR) is 70.7 cm³/mol. The van der Waals surface area contributed by atoms with Crippen LogP contribution in [-0.2, 0) is 13.2 Å². The molecule has 84 valence electrons. The maximum absolute atomic E-state index is 5.78. The van der Waals surface area contributed by atoms with Gasteiger partial charge >= 0.3 is 0 Å². The van der Waals surface area contributed by atoms with Gasteiger partial charge in [-0.15, -0.1) is 0 Å². The van der Waals surface area contributed by atoms with Gasteiger partial charge in [-0.05, 0) is 44.4 Å². The number of hydrogen-bond acceptors (Lipinski definition) is 3. The van der Waals surface area contributed by atoms with Crippen LogP contribution in [0.4, 0.5) is 0 Å². The highest BCUT2D eigenvalue weighted by molar-refractivity contribution is 9.10. The molecule has 0 spiro atoms. The summed E-state index contributed by atoms with van der Waals surface area (Å²) in [5.41, 5.74) is 7.87. The lowest BCUT2D eigenvalue weighted by Gasteiger charge is -2.11. The number of nitrogens with two attached hydrogens (primary N) is 1. The highest BCUT2D eigenvalue weighted by Gasteiger charge is 2.06. The number of para-hydroxylation sites is 1. The fourth-order valence-electron chi connectivity index (χ4n) is 1.41. The minimum atomic E-state index is 0.485. The van der Waals surface area contributed by atoms with E-state index in [4.69, 9.17) is 10.5 Å². The van der Waals surface area contributed by atoms with Gasteiger partial charge in [0.15, 0.2) is 0 Å². The van der Waals surface area contributed by atoms with E-state index in [0.29, 0.717) is 13.2 Å². The lowest BCUT2D eigenvalue weighted by atomic mass is 10.2. The summed E-state index contributed by atoms with van der Waals surface area (Å²) in [6.07, 6.45) is 0. The van der Waals surface area contributed by atoms with Gasteiger partial charge in [0, 0.05) is 12.1 Å². The van der Waals surface area contributed by atoms with Crippen LogP contribution in [0.1, 0.15) is 11.1 Å². The van der Waals surface area contributed by atoms with Crippen molar-refractivity contribution in [3.05, 3.63) is 50.6 Å². The lowest BCUT2D eigenvalue weighted by molar-refractivity contribution is 0.301. The third-order valence-corrected chi connectivity index (χ3v) is 3.59. The Balaban J connectivity index is 2.14. The summed E-state index contributed by atoms with van der Waals surface area (Å²) in [5.74, 6) is 0.844. The summed E-state index contributed by atoms with van der Waals surface area (Å²) in [6, 6.07) is 7.96. The molecule has 0 atom stereocenters. The van der Waals surface area contributed by atoms with Gasteiger partial charge in [0.1, 0.15) is 12.4 Å². The zero-order valence-corrected chi connectivity index (χ0v) is 11.1. The second-order valence-electron chi connectivity index (χ2n) is 3.35. The van der Waals surface area contributed by atoms with Crippen molar-refractivity contribution in [3.8, 4) is 5.75 Å². The molecule has 0 bridgehead atoms. The number of hydrogen-bond donors (Lipinski definition) is 1. The molecular formula is C12H12BrNOS. The van der Waals surface area contributed by atoms with Crippen molar-refractivity contribution in [2.75, 3.05) is 0 Å². The Morgan fingerprint density at radius 2 is 2.19 bits per heavy atom. The Labute approximate surface area is 107 Å². The molecule has 16 heavy (non-hydrogen) atoms. The fraction of sp³-hybridized carbons (Fsp3) is 0.167. The minimum absolute atomic E-state index is 0.485. The Kier molecular flexibility index (Phi) is 3.98. The zero-order chi connectivity index (χ0) is 11.4. The van der Waals surface area contributed by atoms with Crippen molar-refractivity contribution >= 4 is 27.3 Å². The fourth-order valence-corrected chi connectivity index (χ4v) is 2.58. The Hall–Kier alpha value is -0.840. The van der Waals surface area contributed by atoms with Crippen LogP contribution in [0.3, 0.4) is 0 Å². The van der Waals surface area contributed by atoms with Gasteiger partial charge in [0.05, 0.1) is 4.47 Å². The average Bonchev–Trinajstić information content (AvgIpc) is 2.80. The van der Waals surface area contributed by atoms with Crippen molar-refractivity contribution in [2.45, 2.75) is 13.2 Å². The van der Waals surface area contributed by atoms with Crippen LogP contribution in [-0.4, -0.2) is 0 Å². The van der Waals surface area contributed by atoms with Crippen LogP contribution < -0.4 is 10.5 Å². The summed E-state index contributed by atoms with van der Waals surface area (Å²) in [7, 11) is 0. The molecule has 0 amide bonds. The second-order valence-corrected chi connectivity index (χ2v) is 4.99. The third kappa shape index (κ3) is 2.64. The van der Waals surface area contributed by atoms with Gasteiger partial charge in [-0.25, -0.2) is 0 Å². The molecule has 1 aromatic heterocycles. The molecule has 2 nitrogen and oxygen atoms in total. The first-order valence-corrected chi connectivity index (χ1v) is 6.66. The van der Waals surface area contributed by atoms with Crippen molar-refractivity contribution in [3.63, 3.8) is 0 Å². The van der Waals surface area contributed by atoms with Gasteiger partial charge in [-0.3, -0.25) is 0 Å². The van der Waals surface area contributed by atoms with E-state index in [1.54, 1.807) is 11.3 Å². The summed E-state index contributed by atoms with van der Waals surface area (Å²) in [4.78, 5) is 0. The van der Waals surface area contributed by atoms with Crippen molar-refractivity contribution in [1.29, 1.82) is 0 Å². The van der Waals surface area contributed by atoms with E-state index >= 15 is 0 Å². The molecule has 2 N–H and O–H groups in total. The Morgan fingerprint density at radius 1 is 1.31 bits per heavy atom. The molecule has 0 aliphatic rings. The van der Waals surface area contributed by atoms with E-state index in [1.165, 1.54) is 5.56 Å². The molecule has 0 aliphatic heterocycles.